The van der Waals surface area contributed by atoms with Crippen LogP contribution in [0.1, 0.15) is 31.2 Å². The SMILES string of the molecule is O=C(NCCS(=O)(=O)Cc1ccccc1)NC1CCCC1. The largest absolute Gasteiger partial charge is 0.337 e. The predicted octanol–water partition coefficient (Wildman–Crippen LogP) is 1.84. The van der Waals surface area contributed by atoms with Crippen LogP contribution in [0.4, 0.5) is 4.79 Å². The maximum atomic E-state index is 12.0. The highest BCUT2D eigenvalue weighted by atomic mass is 32.2. The second-order valence-electron chi connectivity index (χ2n) is 5.46. The van der Waals surface area contributed by atoms with E-state index in [4.69, 9.17) is 0 Å². The number of nitrogens with one attached hydrogen (secondary N) is 2. The number of hydrogen-bond acceptors (Lipinski definition) is 3. The Kier molecular flexibility index (Phi) is 5.61. The third kappa shape index (κ3) is 5.75. The first-order chi connectivity index (χ1) is 10.1. The number of carbonyl (C=O) groups excluding carboxylic acids is 1. The average molecular weight is 310 g/mol. The monoisotopic (exact) mass is 310 g/mol. The second kappa shape index (κ2) is 7.45. The second-order valence-corrected chi connectivity index (χ2v) is 7.64. The fourth-order valence-corrected chi connectivity index (χ4v) is 3.78. The molecule has 0 aromatic heterocycles. The molecule has 1 aromatic carbocycles. The molecule has 0 saturated heterocycles. The fourth-order valence-electron chi connectivity index (χ4n) is 2.53. The molecule has 0 radical (unpaired) electrons. The lowest BCUT2D eigenvalue weighted by molar-refractivity contribution is 0.237. The van der Waals surface area contributed by atoms with E-state index in [2.05, 4.69) is 10.6 Å². The van der Waals surface area contributed by atoms with Gasteiger partial charge in [0, 0.05) is 12.6 Å². The molecule has 1 saturated carbocycles. The van der Waals surface area contributed by atoms with Gasteiger partial charge in [-0.3, -0.25) is 0 Å². The van der Waals surface area contributed by atoms with Gasteiger partial charge in [-0.05, 0) is 18.4 Å². The summed E-state index contributed by atoms with van der Waals surface area (Å²) in [4.78, 5) is 11.6. The van der Waals surface area contributed by atoms with Crippen molar-refractivity contribution in [1.82, 2.24) is 10.6 Å². The van der Waals surface area contributed by atoms with Gasteiger partial charge in [-0.15, -0.1) is 0 Å². The quantitative estimate of drug-likeness (QED) is 0.842. The van der Waals surface area contributed by atoms with Crippen LogP contribution in [0.15, 0.2) is 30.3 Å². The first kappa shape index (κ1) is 15.8. The van der Waals surface area contributed by atoms with Crippen molar-refractivity contribution in [1.29, 1.82) is 0 Å². The molecule has 1 aromatic rings. The normalized spacial score (nSPS) is 15.8. The summed E-state index contributed by atoms with van der Waals surface area (Å²) in [7, 11) is -3.20. The Morgan fingerprint density at radius 3 is 2.48 bits per heavy atom. The van der Waals surface area contributed by atoms with Gasteiger partial charge < -0.3 is 10.6 Å². The Bertz CT molecular complexity index is 552. The van der Waals surface area contributed by atoms with E-state index in [9.17, 15) is 13.2 Å². The van der Waals surface area contributed by atoms with Gasteiger partial charge in [-0.2, -0.15) is 0 Å². The predicted molar refractivity (Wildman–Crippen MR) is 82.7 cm³/mol. The van der Waals surface area contributed by atoms with Crippen LogP contribution >= 0.6 is 0 Å². The van der Waals surface area contributed by atoms with Crippen molar-refractivity contribution in [2.75, 3.05) is 12.3 Å². The molecule has 2 N–H and O–H groups in total. The minimum absolute atomic E-state index is 0.0137. The van der Waals surface area contributed by atoms with E-state index >= 15 is 0 Å². The number of carbonyl (C=O) groups is 1. The molecule has 6 heteroatoms. The zero-order valence-electron chi connectivity index (χ0n) is 12.0. The lowest BCUT2D eigenvalue weighted by Gasteiger charge is -2.13. The van der Waals surface area contributed by atoms with Gasteiger partial charge in [0.15, 0.2) is 9.84 Å². The van der Waals surface area contributed by atoms with Gasteiger partial charge in [0.1, 0.15) is 0 Å². The molecule has 21 heavy (non-hydrogen) atoms. The highest BCUT2D eigenvalue weighted by Gasteiger charge is 2.17. The summed E-state index contributed by atoms with van der Waals surface area (Å²) in [5.74, 6) is -0.0280. The Morgan fingerprint density at radius 2 is 1.81 bits per heavy atom. The number of rotatable bonds is 6. The Labute approximate surface area is 126 Å². The Hall–Kier alpha value is -1.56. The van der Waals surface area contributed by atoms with E-state index in [1.807, 2.05) is 18.2 Å². The summed E-state index contributed by atoms with van der Waals surface area (Å²) in [5, 5.41) is 5.49. The van der Waals surface area contributed by atoms with E-state index in [0.717, 1.165) is 31.2 Å². The van der Waals surface area contributed by atoms with Crippen LogP contribution in [0.5, 0.6) is 0 Å². The van der Waals surface area contributed by atoms with Crippen molar-refractivity contribution >= 4 is 15.9 Å². The van der Waals surface area contributed by atoms with E-state index < -0.39 is 9.84 Å². The summed E-state index contributed by atoms with van der Waals surface area (Å²) in [6.07, 6.45) is 4.33. The first-order valence-corrected chi connectivity index (χ1v) is 9.16. The van der Waals surface area contributed by atoms with Crippen molar-refractivity contribution in [3.05, 3.63) is 35.9 Å². The summed E-state index contributed by atoms with van der Waals surface area (Å²) >= 11 is 0. The van der Waals surface area contributed by atoms with Crippen LogP contribution in [0.25, 0.3) is 0 Å². The van der Waals surface area contributed by atoms with Crippen LogP contribution in [0.2, 0.25) is 0 Å². The van der Waals surface area contributed by atoms with E-state index in [-0.39, 0.29) is 30.1 Å². The molecule has 2 amide bonds. The van der Waals surface area contributed by atoms with Crippen LogP contribution < -0.4 is 10.6 Å². The average Bonchev–Trinajstić information content (AvgIpc) is 2.91. The molecule has 116 valence electrons. The summed E-state index contributed by atoms with van der Waals surface area (Å²) in [5.41, 5.74) is 0.771. The highest BCUT2D eigenvalue weighted by molar-refractivity contribution is 7.90. The van der Waals surface area contributed by atoms with E-state index in [0.29, 0.717) is 0 Å². The summed E-state index contributed by atoms with van der Waals surface area (Å²) in [6, 6.07) is 9.04. The molecule has 1 aliphatic rings. The molecule has 0 bridgehead atoms. The molecule has 0 aliphatic heterocycles. The molecule has 5 nitrogen and oxygen atoms in total. The number of hydrogen-bond donors (Lipinski definition) is 2. The number of sulfone groups is 1. The summed E-state index contributed by atoms with van der Waals surface area (Å²) in [6.45, 7) is 0.147. The van der Waals surface area contributed by atoms with Gasteiger partial charge >= 0.3 is 6.03 Å². The molecular formula is C15H22N2O3S. The lowest BCUT2D eigenvalue weighted by Crippen LogP contribution is -2.42. The minimum atomic E-state index is -3.20. The molecule has 0 heterocycles. The number of benzene rings is 1. The Balaban J connectivity index is 1.70. The van der Waals surface area contributed by atoms with Crippen LogP contribution in [-0.2, 0) is 15.6 Å². The van der Waals surface area contributed by atoms with Gasteiger partial charge in [0.2, 0.25) is 0 Å². The van der Waals surface area contributed by atoms with Crippen LogP contribution in [0.3, 0.4) is 0 Å². The zero-order chi connectivity index (χ0) is 15.1. The van der Waals surface area contributed by atoms with Gasteiger partial charge in [0.05, 0.1) is 11.5 Å². The van der Waals surface area contributed by atoms with Gasteiger partial charge in [-0.1, -0.05) is 43.2 Å². The van der Waals surface area contributed by atoms with E-state index in [1.165, 1.54) is 0 Å². The molecule has 0 spiro atoms. The van der Waals surface area contributed by atoms with Gasteiger partial charge in [-0.25, -0.2) is 13.2 Å². The minimum Gasteiger partial charge on any atom is -0.337 e. The smallest absolute Gasteiger partial charge is 0.315 e. The molecular weight excluding hydrogens is 288 g/mol. The maximum Gasteiger partial charge on any atom is 0.315 e. The first-order valence-electron chi connectivity index (χ1n) is 7.34. The number of urea groups is 1. The molecule has 2 rings (SSSR count). The number of amides is 2. The Morgan fingerprint density at radius 1 is 1.14 bits per heavy atom. The third-order valence-corrected chi connectivity index (χ3v) is 5.22. The van der Waals surface area contributed by atoms with Crippen LogP contribution in [0, 0.1) is 0 Å². The van der Waals surface area contributed by atoms with E-state index in [1.54, 1.807) is 12.1 Å². The molecule has 1 fully saturated rings. The topological polar surface area (TPSA) is 75.3 Å². The fraction of sp³-hybridized carbons (Fsp3) is 0.533. The lowest BCUT2D eigenvalue weighted by atomic mass is 10.2. The van der Waals surface area contributed by atoms with Crippen molar-refractivity contribution in [3.63, 3.8) is 0 Å². The third-order valence-electron chi connectivity index (χ3n) is 3.62. The van der Waals surface area contributed by atoms with Crippen molar-refractivity contribution < 1.29 is 13.2 Å². The standard InChI is InChI=1S/C15H22N2O3S/c18-15(17-14-8-4-5-9-14)16-10-11-21(19,20)12-13-6-2-1-3-7-13/h1-3,6-7,14H,4-5,8-12H2,(H2,16,17,18). The maximum absolute atomic E-state index is 12.0. The van der Waals surface area contributed by atoms with Crippen molar-refractivity contribution in [2.24, 2.45) is 0 Å². The van der Waals surface area contributed by atoms with Crippen molar-refractivity contribution in [3.8, 4) is 0 Å². The summed E-state index contributed by atoms with van der Waals surface area (Å²) < 4.78 is 23.9. The van der Waals surface area contributed by atoms with Gasteiger partial charge in [0.25, 0.3) is 0 Å². The zero-order valence-corrected chi connectivity index (χ0v) is 12.9. The highest BCUT2D eigenvalue weighted by Crippen LogP contribution is 2.17. The van der Waals surface area contributed by atoms with Crippen molar-refractivity contribution in [2.45, 2.75) is 37.5 Å². The molecule has 1 aliphatic carbocycles. The molecule has 0 unspecified atom stereocenters. The van der Waals surface area contributed by atoms with Crippen LogP contribution in [-0.4, -0.2) is 32.8 Å². The molecule has 0 atom stereocenters.